The molecule has 0 saturated carbocycles. The number of nitrogens with one attached hydrogen (secondary N) is 2. The number of ether oxygens (including phenoxy) is 1. The highest BCUT2D eigenvalue weighted by molar-refractivity contribution is 5.79. The van der Waals surface area contributed by atoms with Gasteiger partial charge in [-0.3, -0.25) is 4.99 Å². The lowest BCUT2D eigenvalue weighted by Gasteiger charge is -2.14. The molecule has 0 radical (unpaired) electrons. The van der Waals surface area contributed by atoms with Crippen LogP contribution in [-0.2, 0) is 25.1 Å². The molecule has 3 aromatic rings. The van der Waals surface area contributed by atoms with Crippen molar-refractivity contribution in [3.63, 3.8) is 0 Å². The SMILES string of the molecule is CN=C(NCc1cccc(OCc2ccccc2)c1)NCc1ncc(C(C)(C)C)o1. The molecule has 158 valence electrons. The van der Waals surface area contributed by atoms with E-state index in [0.717, 1.165) is 22.6 Å². The van der Waals surface area contributed by atoms with Crippen LogP contribution in [0.3, 0.4) is 0 Å². The van der Waals surface area contributed by atoms with E-state index < -0.39 is 0 Å². The highest BCUT2D eigenvalue weighted by atomic mass is 16.5. The number of rotatable bonds is 7. The highest BCUT2D eigenvalue weighted by Crippen LogP contribution is 2.22. The third-order valence-corrected chi connectivity index (χ3v) is 4.53. The van der Waals surface area contributed by atoms with Gasteiger partial charge in [0.1, 0.15) is 18.1 Å². The first-order valence-corrected chi connectivity index (χ1v) is 10.1. The number of aliphatic imine (C=N–C) groups is 1. The summed E-state index contributed by atoms with van der Waals surface area (Å²) in [5, 5.41) is 6.54. The minimum absolute atomic E-state index is 0.0568. The van der Waals surface area contributed by atoms with E-state index in [9.17, 15) is 0 Å². The molecule has 3 rings (SSSR count). The summed E-state index contributed by atoms with van der Waals surface area (Å²) in [7, 11) is 1.74. The molecule has 30 heavy (non-hydrogen) atoms. The molecule has 2 N–H and O–H groups in total. The van der Waals surface area contributed by atoms with Crippen molar-refractivity contribution < 1.29 is 9.15 Å². The predicted octanol–water partition coefficient (Wildman–Crippen LogP) is 4.42. The largest absolute Gasteiger partial charge is 0.489 e. The molecule has 0 unspecified atom stereocenters. The molecule has 0 saturated heterocycles. The van der Waals surface area contributed by atoms with Gasteiger partial charge in [0, 0.05) is 19.0 Å². The van der Waals surface area contributed by atoms with Crippen molar-refractivity contribution in [2.24, 2.45) is 4.99 Å². The molecule has 0 bridgehead atoms. The minimum Gasteiger partial charge on any atom is -0.489 e. The zero-order chi connectivity index (χ0) is 21.4. The third kappa shape index (κ3) is 6.37. The van der Waals surface area contributed by atoms with Gasteiger partial charge in [-0.2, -0.15) is 0 Å². The molecule has 1 aromatic heterocycles. The maximum atomic E-state index is 5.91. The standard InChI is InChI=1S/C24H30N4O2/c1-24(2,3)21-15-26-22(30-21)16-28-23(25-4)27-14-19-11-8-12-20(13-19)29-17-18-9-6-5-7-10-18/h5-13,15H,14,16-17H2,1-4H3,(H2,25,27,28). The van der Waals surface area contributed by atoms with Crippen LogP contribution in [0.15, 0.2) is 70.2 Å². The van der Waals surface area contributed by atoms with Crippen molar-refractivity contribution >= 4 is 5.96 Å². The zero-order valence-electron chi connectivity index (χ0n) is 18.1. The summed E-state index contributed by atoms with van der Waals surface area (Å²) in [6.07, 6.45) is 1.79. The van der Waals surface area contributed by atoms with Crippen LogP contribution in [0, 0.1) is 0 Å². The Hall–Kier alpha value is -3.28. The number of guanidine groups is 1. The molecule has 1 heterocycles. The Morgan fingerprint density at radius 3 is 2.43 bits per heavy atom. The molecule has 0 aliphatic carbocycles. The van der Waals surface area contributed by atoms with Gasteiger partial charge < -0.3 is 19.8 Å². The van der Waals surface area contributed by atoms with Gasteiger partial charge in [0.05, 0.1) is 12.7 Å². The summed E-state index contributed by atoms with van der Waals surface area (Å²) in [6, 6.07) is 18.2. The Kier molecular flexibility index (Phi) is 7.12. The lowest BCUT2D eigenvalue weighted by molar-refractivity contribution is 0.306. The summed E-state index contributed by atoms with van der Waals surface area (Å²) in [5.41, 5.74) is 2.19. The Labute approximate surface area is 178 Å². The fourth-order valence-corrected chi connectivity index (χ4v) is 2.79. The van der Waals surface area contributed by atoms with Gasteiger partial charge in [-0.15, -0.1) is 0 Å². The zero-order valence-corrected chi connectivity index (χ0v) is 18.1. The van der Waals surface area contributed by atoms with Crippen LogP contribution in [0.2, 0.25) is 0 Å². The van der Waals surface area contributed by atoms with E-state index in [-0.39, 0.29) is 5.41 Å². The van der Waals surface area contributed by atoms with Crippen molar-refractivity contribution in [1.82, 2.24) is 15.6 Å². The van der Waals surface area contributed by atoms with Gasteiger partial charge >= 0.3 is 0 Å². The molecule has 0 amide bonds. The topological polar surface area (TPSA) is 71.7 Å². The van der Waals surface area contributed by atoms with Gasteiger partial charge in [0.2, 0.25) is 5.89 Å². The van der Waals surface area contributed by atoms with Gasteiger partial charge in [0.15, 0.2) is 5.96 Å². The smallest absolute Gasteiger partial charge is 0.213 e. The van der Waals surface area contributed by atoms with Crippen LogP contribution < -0.4 is 15.4 Å². The monoisotopic (exact) mass is 406 g/mol. The Balaban J connectivity index is 1.49. The van der Waals surface area contributed by atoms with E-state index in [2.05, 4.69) is 59.6 Å². The van der Waals surface area contributed by atoms with E-state index in [4.69, 9.17) is 9.15 Å². The predicted molar refractivity (Wildman–Crippen MR) is 119 cm³/mol. The average molecular weight is 407 g/mol. The Morgan fingerprint density at radius 1 is 1.00 bits per heavy atom. The van der Waals surface area contributed by atoms with E-state index in [0.29, 0.717) is 31.5 Å². The molecule has 2 aromatic carbocycles. The van der Waals surface area contributed by atoms with Crippen LogP contribution in [0.25, 0.3) is 0 Å². The summed E-state index contributed by atoms with van der Waals surface area (Å²) in [5.74, 6) is 3.03. The molecule has 0 aliphatic rings. The molecule has 6 heteroatoms. The van der Waals surface area contributed by atoms with Gasteiger partial charge in [-0.25, -0.2) is 4.98 Å². The second-order valence-corrected chi connectivity index (χ2v) is 8.07. The van der Waals surface area contributed by atoms with E-state index >= 15 is 0 Å². The number of nitrogens with zero attached hydrogens (tertiary/aromatic N) is 2. The molecule has 0 spiro atoms. The molecular formula is C24H30N4O2. The number of aromatic nitrogens is 1. The summed E-state index contributed by atoms with van der Waals surface area (Å²) >= 11 is 0. The van der Waals surface area contributed by atoms with E-state index in [1.165, 1.54) is 0 Å². The first-order valence-electron chi connectivity index (χ1n) is 10.1. The number of benzene rings is 2. The van der Waals surface area contributed by atoms with Crippen LogP contribution in [0.5, 0.6) is 5.75 Å². The summed E-state index contributed by atoms with van der Waals surface area (Å²) in [4.78, 5) is 8.60. The highest BCUT2D eigenvalue weighted by Gasteiger charge is 2.19. The van der Waals surface area contributed by atoms with Crippen LogP contribution in [0.4, 0.5) is 0 Å². The molecule has 6 nitrogen and oxygen atoms in total. The molecular weight excluding hydrogens is 376 g/mol. The van der Waals surface area contributed by atoms with Crippen molar-refractivity contribution in [2.45, 2.75) is 45.9 Å². The maximum Gasteiger partial charge on any atom is 0.213 e. The lowest BCUT2D eigenvalue weighted by Crippen LogP contribution is -2.36. The van der Waals surface area contributed by atoms with E-state index in [1.54, 1.807) is 13.2 Å². The van der Waals surface area contributed by atoms with Crippen LogP contribution in [-0.4, -0.2) is 18.0 Å². The molecule has 0 atom stereocenters. The van der Waals surface area contributed by atoms with Crippen LogP contribution >= 0.6 is 0 Å². The first-order chi connectivity index (χ1) is 14.4. The first kappa shape index (κ1) is 21.4. The summed E-state index contributed by atoms with van der Waals surface area (Å²) < 4.78 is 11.7. The van der Waals surface area contributed by atoms with Crippen molar-refractivity contribution in [2.75, 3.05) is 7.05 Å². The Morgan fingerprint density at radius 2 is 1.73 bits per heavy atom. The number of oxazole rings is 1. The second kappa shape index (κ2) is 9.96. The summed E-state index contributed by atoms with van der Waals surface area (Å²) in [6.45, 7) is 7.94. The van der Waals surface area contributed by atoms with E-state index in [1.807, 2.05) is 36.4 Å². The van der Waals surface area contributed by atoms with Crippen molar-refractivity contribution in [3.05, 3.63) is 83.6 Å². The second-order valence-electron chi connectivity index (χ2n) is 8.07. The lowest BCUT2D eigenvalue weighted by atomic mass is 9.94. The van der Waals surface area contributed by atoms with Crippen molar-refractivity contribution in [1.29, 1.82) is 0 Å². The number of hydrogen-bond acceptors (Lipinski definition) is 4. The quantitative estimate of drug-likeness (QED) is 0.449. The minimum atomic E-state index is -0.0568. The van der Waals surface area contributed by atoms with Crippen LogP contribution in [0.1, 0.15) is 43.5 Å². The molecule has 0 fully saturated rings. The molecule has 0 aliphatic heterocycles. The third-order valence-electron chi connectivity index (χ3n) is 4.53. The maximum absolute atomic E-state index is 5.91. The van der Waals surface area contributed by atoms with Gasteiger partial charge in [0.25, 0.3) is 0 Å². The average Bonchev–Trinajstić information content (AvgIpc) is 3.23. The fourth-order valence-electron chi connectivity index (χ4n) is 2.79. The normalized spacial score (nSPS) is 11.9. The van der Waals surface area contributed by atoms with Crippen molar-refractivity contribution in [3.8, 4) is 5.75 Å². The number of hydrogen-bond donors (Lipinski definition) is 2. The Bertz CT molecular complexity index is 959. The van der Waals surface area contributed by atoms with Gasteiger partial charge in [-0.1, -0.05) is 63.2 Å². The van der Waals surface area contributed by atoms with Gasteiger partial charge in [-0.05, 0) is 23.3 Å². The fraction of sp³-hybridized carbons (Fsp3) is 0.333.